The van der Waals surface area contributed by atoms with Crippen molar-refractivity contribution < 1.29 is 13.9 Å². The fourth-order valence-electron chi connectivity index (χ4n) is 3.57. The van der Waals surface area contributed by atoms with Gasteiger partial charge in [0.05, 0.1) is 29.5 Å². The first-order valence-corrected chi connectivity index (χ1v) is 11.4. The molecule has 2 fully saturated rings. The zero-order valence-electron chi connectivity index (χ0n) is 16.8. The first kappa shape index (κ1) is 21.8. The fraction of sp³-hybridized carbons (Fsp3) is 0.421. The van der Waals surface area contributed by atoms with Gasteiger partial charge in [-0.3, -0.25) is 4.90 Å². The number of anilines is 2. The normalized spacial score (nSPS) is 18.8. The Kier molecular flexibility index (Phi) is 6.58. The summed E-state index contributed by atoms with van der Waals surface area (Å²) in [6, 6.07) is 4.84. The van der Waals surface area contributed by atoms with Gasteiger partial charge in [0.25, 0.3) is 0 Å². The minimum absolute atomic E-state index is 0.335. The van der Waals surface area contributed by atoms with Gasteiger partial charge in [-0.05, 0) is 25.1 Å². The van der Waals surface area contributed by atoms with Crippen LogP contribution in [0.4, 0.5) is 20.6 Å². The highest BCUT2D eigenvalue weighted by atomic mass is 32.1. The summed E-state index contributed by atoms with van der Waals surface area (Å²) in [5, 5.41) is 11.6. The van der Waals surface area contributed by atoms with E-state index < -0.39 is 6.09 Å². The average Bonchev–Trinajstić information content (AvgIpc) is 3.42. The Morgan fingerprint density at radius 3 is 2.74 bits per heavy atom. The van der Waals surface area contributed by atoms with Gasteiger partial charge in [-0.25, -0.2) is 9.18 Å². The predicted octanol–water partition coefficient (Wildman–Crippen LogP) is 2.44. The average molecular weight is 481 g/mol. The Labute approximate surface area is 194 Å². The Bertz CT molecular complexity index is 981. The molecule has 1 aromatic heterocycles. The lowest BCUT2D eigenvalue weighted by molar-refractivity contribution is 0.143. The van der Waals surface area contributed by atoms with Crippen molar-refractivity contribution in [1.29, 1.82) is 0 Å². The minimum Gasteiger partial charge on any atom is -0.442 e. The van der Waals surface area contributed by atoms with Crippen LogP contribution in [0.2, 0.25) is 0 Å². The lowest BCUT2D eigenvalue weighted by Crippen LogP contribution is -2.48. The first-order valence-electron chi connectivity index (χ1n) is 9.75. The number of cyclic esters (lactones) is 1. The summed E-state index contributed by atoms with van der Waals surface area (Å²) in [4.78, 5) is 19.0. The van der Waals surface area contributed by atoms with E-state index in [1.165, 1.54) is 22.3 Å². The lowest BCUT2D eigenvalue weighted by atomic mass is 10.2. The SMILES string of the molecule is CC(=S)NCC1CN(c2ccc(N3CCN(C(=S)c4nncs4)CC3)c(F)c2)C(=O)O1. The first-order chi connectivity index (χ1) is 14.9. The third-order valence-electron chi connectivity index (χ3n) is 5.15. The molecule has 0 saturated carbocycles. The molecular weight excluding hydrogens is 459 g/mol. The van der Waals surface area contributed by atoms with E-state index in [-0.39, 0.29) is 11.9 Å². The number of benzene rings is 1. The number of piperazine rings is 1. The second kappa shape index (κ2) is 9.37. The molecule has 2 aliphatic rings. The molecule has 2 aliphatic heterocycles. The Morgan fingerprint density at radius 2 is 2.10 bits per heavy atom. The Hall–Kier alpha value is -2.44. The van der Waals surface area contributed by atoms with E-state index in [9.17, 15) is 9.18 Å². The van der Waals surface area contributed by atoms with Crippen LogP contribution in [0, 0.1) is 5.82 Å². The van der Waals surface area contributed by atoms with E-state index in [4.69, 9.17) is 29.2 Å². The summed E-state index contributed by atoms with van der Waals surface area (Å²) in [6.45, 7) is 5.15. The van der Waals surface area contributed by atoms with Crippen LogP contribution >= 0.6 is 35.8 Å². The molecule has 12 heteroatoms. The largest absolute Gasteiger partial charge is 0.442 e. The third kappa shape index (κ3) is 4.91. The van der Waals surface area contributed by atoms with Crippen LogP contribution in [0.5, 0.6) is 0 Å². The molecule has 1 amide bonds. The Morgan fingerprint density at radius 1 is 1.32 bits per heavy atom. The molecule has 1 aromatic carbocycles. The highest BCUT2D eigenvalue weighted by Crippen LogP contribution is 2.28. The van der Waals surface area contributed by atoms with Crippen molar-refractivity contribution in [2.75, 3.05) is 49.1 Å². The van der Waals surface area contributed by atoms with Gasteiger partial charge in [-0.2, -0.15) is 0 Å². The van der Waals surface area contributed by atoms with Crippen LogP contribution in [-0.4, -0.2) is 76.5 Å². The van der Waals surface area contributed by atoms with Gasteiger partial charge in [0, 0.05) is 26.2 Å². The number of amides is 1. The topological polar surface area (TPSA) is 73.8 Å². The summed E-state index contributed by atoms with van der Waals surface area (Å²) in [5.74, 6) is -0.373. The van der Waals surface area contributed by atoms with Crippen molar-refractivity contribution in [3.8, 4) is 0 Å². The molecular formula is C19H21FN6O2S3. The second-order valence-electron chi connectivity index (χ2n) is 7.21. The van der Waals surface area contributed by atoms with Crippen molar-refractivity contribution in [2.45, 2.75) is 13.0 Å². The number of carbonyl (C=O) groups excluding carboxylic acids is 1. The molecule has 1 unspecified atom stereocenters. The molecule has 31 heavy (non-hydrogen) atoms. The van der Waals surface area contributed by atoms with Crippen molar-refractivity contribution in [3.63, 3.8) is 0 Å². The van der Waals surface area contributed by atoms with Gasteiger partial charge in [-0.15, -0.1) is 10.2 Å². The molecule has 1 N–H and O–H groups in total. The molecule has 8 nitrogen and oxygen atoms in total. The highest BCUT2D eigenvalue weighted by Gasteiger charge is 2.33. The zero-order valence-corrected chi connectivity index (χ0v) is 19.2. The summed E-state index contributed by atoms with van der Waals surface area (Å²) in [5.41, 5.74) is 2.64. The maximum Gasteiger partial charge on any atom is 0.414 e. The van der Waals surface area contributed by atoms with Crippen LogP contribution in [0.15, 0.2) is 23.7 Å². The van der Waals surface area contributed by atoms with E-state index in [1.807, 2.05) is 4.90 Å². The number of nitrogens with zero attached hydrogens (tertiary/aromatic N) is 5. The zero-order chi connectivity index (χ0) is 22.0. The maximum atomic E-state index is 14.9. The van der Waals surface area contributed by atoms with Crippen molar-refractivity contribution in [2.24, 2.45) is 0 Å². The van der Waals surface area contributed by atoms with Gasteiger partial charge >= 0.3 is 6.09 Å². The monoisotopic (exact) mass is 480 g/mol. The van der Waals surface area contributed by atoms with Gasteiger partial charge in [0.2, 0.25) is 0 Å². The fourth-order valence-corrected chi connectivity index (χ4v) is 4.54. The molecule has 0 bridgehead atoms. The van der Waals surface area contributed by atoms with E-state index in [0.717, 1.165) is 5.01 Å². The minimum atomic E-state index is -0.486. The number of rotatable bonds is 5. The van der Waals surface area contributed by atoms with Crippen molar-refractivity contribution in [1.82, 2.24) is 20.4 Å². The second-order valence-corrected chi connectivity index (χ2v) is 9.04. The number of halogens is 1. The number of hydrogen-bond acceptors (Lipinski definition) is 8. The van der Waals surface area contributed by atoms with Crippen LogP contribution in [0.25, 0.3) is 0 Å². The molecule has 2 saturated heterocycles. The van der Waals surface area contributed by atoms with Crippen molar-refractivity contribution in [3.05, 3.63) is 34.5 Å². The van der Waals surface area contributed by atoms with Gasteiger partial charge in [0.1, 0.15) is 22.4 Å². The van der Waals surface area contributed by atoms with Crippen LogP contribution in [-0.2, 0) is 4.74 Å². The molecule has 3 heterocycles. The lowest BCUT2D eigenvalue weighted by Gasteiger charge is -2.37. The number of carbonyl (C=O) groups is 1. The van der Waals surface area contributed by atoms with Gasteiger partial charge in [-0.1, -0.05) is 35.8 Å². The molecule has 2 aromatic rings. The molecule has 0 radical (unpaired) electrons. The number of hydrogen-bond donors (Lipinski definition) is 1. The number of aromatic nitrogens is 2. The number of thiocarbonyl (C=S) groups is 2. The standard InChI is InChI=1S/C19H21FN6O2S3/c1-12(29)21-9-14-10-26(19(27)28-14)13-2-3-16(15(20)8-13)24-4-6-25(7-5-24)18(30)17-23-22-11-31-17/h2-3,8,11,14H,4-7,9-10H2,1H3,(H,21,29). The number of nitrogens with one attached hydrogen (secondary N) is 1. The predicted molar refractivity (Wildman–Crippen MR) is 126 cm³/mol. The van der Waals surface area contributed by atoms with Crippen molar-refractivity contribution >= 4 is 63.2 Å². The molecule has 1 atom stereocenters. The van der Waals surface area contributed by atoms with Crippen LogP contribution in [0.3, 0.4) is 0 Å². The van der Waals surface area contributed by atoms with Crippen LogP contribution < -0.4 is 15.1 Å². The highest BCUT2D eigenvalue weighted by molar-refractivity contribution is 7.81. The van der Waals surface area contributed by atoms with Gasteiger partial charge < -0.3 is 19.9 Å². The van der Waals surface area contributed by atoms with E-state index in [0.29, 0.717) is 60.6 Å². The summed E-state index contributed by atoms with van der Waals surface area (Å²) in [7, 11) is 0. The molecule has 164 valence electrons. The number of ether oxygens (including phenoxy) is 1. The smallest absolute Gasteiger partial charge is 0.414 e. The van der Waals surface area contributed by atoms with Gasteiger partial charge in [0.15, 0.2) is 5.01 Å². The molecule has 0 aliphatic carbocycles. The van der Waals surface area contributed by atoms with E-state index in [2.05, 4.69) is 20.4 Å². The van der Waals surface area contributed by atoms with E-state index >= 15 is 0 Å². The van der Waals surface area contributed by atoms with E-state index in [1.54, 1.807) is 24.6 Å². The third-order valence-corrected chi connectivity index (χ3v) is 6.57. The Balaban J connectivity index is 1.38. The molecule has 4 rings (SSSR count). The maximum absolute atomic E-state index is 14.9. The van der Waals surface area contributed by atoms with Crippen LogP contribution in [0.1, 0.15) is 11.9 Å². The summed E-state index contributed by atoms with van der Waals surface area (Å²) in [6.07, 6.45) is -0.821. The quantitative estimate of drug-likeness (QED) is 0.650. The summed E-state index contributed by atoms with van der Waals surface area (Å²) >= 11 is 11.9. The molecule has 0 spiro atoms. The summed E-state index contributed by atoms with van der Waals surface area (Å²) < 4.78 is 20.3.